The molecule has 1 aromatic carbocycles. The lowest BCUT2D eigenvalue weighted by molar-refractivity contribution is -0.116. The third kappa shape index (κ3) is 4.76. The van der Waals surface area contributed by atoms with Crippen molar-refractivity contribution in [3.8, 4) is 0 Å². The molecule has 0 aliphatic carbocycles. The fraction of sp³-hybridized carbons (Fsp3) is 0.562. The van der Waals surface area contributed by atoms with Crippen LogP contribution < -0.4 is 5.32 Å². The van der Waals surface area contributed by atoms with E-state index < -0.39 is 10.2 Å². The number of hydrogen-bond acceptors (Lipinski definition) is 3. The highest BCUT2D eigenvalue weighted by Gasteiger charge is 2.30. The number of amides is 1. The van der Waals surface area contributed by atoms with Gasteiger partial charge in [0.15, 0.2) is 0 Å². The molecule has 1 amide bonds. The highest BCUT2D eigenvalue weighted by Crippen LogP contribution is 2.20. The molecule has 0 unspecified atom stereocenters. The lowest BCUT2D eigenvalue weighted by atomic mass is 10.0. The molecular weight excluding hydrogens is 314 g/mol. The maximum absolute atomic E-state index is 12.5. The van der Waals surface area contributed by atoms with Crippen molar-refractivity contribution in [2.75, 3.05) is 32.0 Å². The van der Waals surface area contributed by atoms with Gasteiger partial charge in [0.1, 0.15) is 0 Å². The molecule has 0 saturated carbocycles. The van der Waals surface area contributed by atoms with Crippen molar-refractivity contribution in [2.45, 2.75) is 26.7 Å². The fourth-order valence-corrected chi connectivity index (χ4v) is 3.88. The molecular formula is C16H25N3O3S. The van der Waals surface area contributed by atoms with Gasteiger partial charge in [-0.2, -0.15) is 17.0 Å². The van der Waals surface area contributed by atoms with Crippen molar-refractivity contribution in [3.05, 3.63) is 29.8 Å². The van der Waals surface area contributed by atoms with E-state index in [1.807, 2.05) is 19.1 Å². The predicted molar refractivity (Wildman–Crippen MR) is 91.3 cm³/mol. The van der Waals surface area contributed by atoms with E-state index in [1.54, 1.807) is 12.1 Å². The number of aryl methyl sites for hydroxylation is 1. The predicted octanol–water partition coefficient (Wildman–Crippen LogP) is 1.84. The van der Waals surface area contributed by atoms with Gasteiger partial charge in [-0.15, -0.1) is 0 Å². The van der Waals surface area contributed by atoms with E-state index in [4.69, 9.17) is 0 Å². The largest absolute Gasteiger partial charge is 0.325 e. The summed E-state index contributed by atoms with van der Waals surface area (Å²) in [4.78, 5) is 12.1. The maximum Gasteiger partial charge on any atom is 0.282 e. The number of rotatable bonds is 5. The Labute approximate surface area is 138 Å². The van der Waals surface area contributed by atoms with E-state index in [9.17, 15) is 13.2 Å². The summed E-state index contributed by atoms with van der Waals surface area (Å²) in [6.07, 6.45) is 1.73. The Bertz CT molecular complexity index is 635. The van der Waals surface area contributed by atoms with E-state index in [1.165, 1.54) is 11.4 Å². The van der Waals surface area contributed by atoms with Crippen molar-refractivity contribution in [2.24, 2.45) is 5.92 Å². The van der Waals surface area contributed by atoms with Crippen molar-refractivity contribution >= 4 is 21.8 Å². The number of carbonyl (C=O) groups is 1. The van der Waals surface area contributed by atoms with Crippen LogP contribution in [0.15, 0.2) is 24.3 Å². The lowest BCUT2D eigenvalue weighted by Gasteiger charge is -2.32. The molecule has 2 rings (SSSR count). The fourth-order valence-electron chi connectivity index (χ4n) is 2.53. The first-order valence-electron chi connectivity index (χ1n) is 7.87. The van der Waals surface area contributed by atoms with E-state index in [0.717, 1.165) is 22.7 Å². The minimum Gasteiger partial charge on any atom is -0.325 e. The van der Waals surface area contributed by atoms with Crippen LogP contribution in [0.25, 0.3) is 0 Å². The van der Waals surface area contributed by atoms with Crippen LogP contribution in [0, 0.1) is 12.8 Å². The Morgan fingerprint density at radius 1 is 1.26 bits per heavy atom. The zero-order valence-electron chi connectivity index (χ0n) is 13.9. The van der Waals surface area contributed by atoms with Gasteiger partial charge in [-0.05, 0) is 37.8 Å². The molecule has 0 bridgehead atoms. The van der Waals surface area contributed by atoms with E-state index in [2.05, 4.69) is 12.2 Å². The summed E-state index contributed by atoms with van der Waals surface area (Å²) in [6, 6.07) is 7.39. The lowest BCUT2D eigenvalue weighted by Crippen LogP contribution is -2.47. The highest BCUT2D eigenvalue weighted by atomic mass is 32.2. The molecule has 23 heavy (non-hydrogen) atoms. The smallest absolute Gasteiger partial charge is 0.282 e. The first kappa shape index (κ1) is 17.9. The molecule has 1 fully saturated rings. The van der Waals surface area contributed by atoms with Crippen LogP contribution in [0.1, 0.15) is 25.3 Å². The summed E-state index contributed by atoms with van der Waals surface area (Å²) in [5, 5.41) is 2.72. The summed E-state index contributed by atoms with van der Waals surface area (Å²) in [6.45, 7) is 4.94. The zero-order valence-corrected chi connectivity index (χ0v) is 14.8. The average Bonchev–Trinajstić information content (AvgIpc) is 2.50. The van der Waals surface area contributed by atoms with Crippen LogP contribution in [0.3, 0.4) is 0 Å². The van der Waals surface area contributed by atoms with E-state index in [0.29, 0.717) is 24.7 Å². The number of anilines is 1. The van der Waals surface area contributed by atoms with Gasteiger partial charge in [0.05, 0.1) is 6.54 Å². The Balaban J connectivity index is 1.93. The van der Waals surface area contributed by atoms with Crippen LogP contribution >= 0.6 is 0 Å². The monoisotopic (exact) mass is 339 g/mol. The Kier molecular flexibility index (Phi) is 5.78. The molecule has 0 atom stereocenters. The van der Waals surface area contributed by atoms with Gasteiger partial charge in [0.2, 0.25) is 5.91 Å². The van der Waals surface area contributed by atoms with Crippen LogP contribution in [0.4, 0.5) is 5.69 Å². The van der Waals surface area contributed by atoms with Gasteiger partial charge in [0, 0.05) is 25.8 Å². The summed E-state index contributed by atoms with van der Waals surface area (Å²) >= 11 is 0. The first-order valence-corrected chi connectivity index (χ1v) is 9.26. The molecule has 128 valence electrons. The van der Waals surface area contributed by atoms with Gasteiger partial charge < -0.3 is 5.32 Å². The second kappa shape index (κ2) is 7.42. The van der Waals surface area contributed by atoms with Gasteiger partial charge in [0.25, 0.3) is 10.2 Å². The average molecular weight is 339 g/mol. The summed E-state index contributed by atoms with van der Waals surface area (Å²) in [5.41, 5.74) is 1.76. The van der Waals surface area contributed by atoms with Crippen molar-refractivity contribution < 1.29 is 13.2 Å². The van der Waals surface area contributed by atoms with Crippen molar-refractivity contribution in [1.82, 2.24) is 8.61 Å². The van der Waals surface area contributed by atoms with Gasteiger partial charge in [-0.3, -0.25) is 4.79 Å². The molecule has 6 nitrogen and oxygen atoms in total. The second-order valence-electron chi connectivity index (χ2n) is 6.26. The number of nitrogens with zero attached hydrogens (tertiary/aromatic N) is 2. The number of benzene rings is 1. The second-order valence-corrected chi connectivity index (χ2v) is 8.30. The number of nitrogens with one attached hydrogen (secondary N) is 1. The van der Waals surface area contributed by atoms with Crippen molar-refractivity contribution in [1.29, 1.82) is 0 Å². The van der Waals surface area contributed by atoms with Crippen LogP contribution in [0.5, 0.6) is 0 Å². The standard InChI is InChI=1S/C16H25N3O3S/c1-13-4-6-15(7-5-13)17-16(20)12-18(3)23(21,22)19-10-8-14(2)9-11-19/h4-7,14H,8-12H2,1-3H3,(H,17,20). The zero-order chi connectivity index (χ0) is 17.0. The minimum absolute atomic E-state index is 0.192. The molecule has 1 aromatic rings. The van der Waals surface area contributed by atoms with Crippen molar-refractivity contribution in [3.63, 3.8) is 0 Å². The molecule has 7 heteroatoms. The number of carbonyl (C=O) groups excluding carboxylic acids is 1. The van der Waals surface area contributed by atoms with Crippen LogP contribution in [-0.4, -0.2) is 49.6 Å². The van der Waals surface area contributed by atoms with Crippen LogP contribution in [0.2, 0.25) is 0 Å². The summed E-state index contributed by atoms with van der Waals surface area (Å²) < 4.78 is 27.6. The number of hydrogen-bond donors (Lipinski definition) is 1. The quantitative estimate of drug-likeness (QED) is 0.890. The highest BCUT2D eigenvalue weighted by molar-refractivity contribution is 7.86. The Morgan fingerprint density at radius 3 is 2.39 bits per heavy atom. The van der Waals surface area contributed by atoms with Gasteiger partial charge in [-0.1, -0.05) is 24.6 Å². The maximum atomic E-state index is 12.5. The molecule has 1 heterocycles. The molecule has 1 aliphatic rings. The third-order valence-electron chi connectivity index (χ3n) is 4.16. The van der Waals surface area contributed by atoms with Gasteiger partial charge in [-0.25, -0.2) is 0 Å². The number of likely N-dealkylation sites (N-methyl/N-ethyl adjacent to an activating group) is 1. The summed E-state index contributed by atoms with van der Waals surface area (Å²) in [7, 11) is -2.13. The van der Waals surface area contributed by atoms with E-state index >= 15 is 0 Å². The van der Waals surface area contributed by atoms with Gasteiger partial charge >= 0.3 is 0 Å². The number of piperidine rings is 1. The van der Waals surface area contributed by atoms with Crippen LogP contribution in [-0.2, 0) is 15.0 Å². The summed E-state index contributed by atoms with van der Waals surface area (Å²) in [5.74, 6) is 0.210. The molecule has 1 N–H and O–H groups in total. The van der Waals surface area contributed by atoms with E-state index in [-0.39, 0.29) is 12.5 Å². The normalized spacial score (nSPS) is 17.4. The minimum atomic E-state index is -3.57. The molecule has 0 spiro atoms. The molecule has 0 radical (unpaired) electrons. The molecule has 1 saturated heterocycles. The SMILES string of the molecule is Cc1ccc(NC(=O)CN(C)S(=O)(=O)N2CCC(C)CC2)cc1. The Hall–Kier alpha value is -1.44. The Morgan fingerprint density at radius 2 is 1.83 bits per heavy atom. The third-order valence-corrected chi connectivity index (χ3v) is 6.10. The topological polar surface area (TPSA) is 69.7 Å². The first-order chi connectivity index (χ1) is 10.8. The molecule has 0 aromatic heterocycles. The molecule has 1 aliphatic heterocycles.